The molecule has 0 radical (unpaired) electrons. The second-order valence-corrected chi connectivity index (χ2v) is 5.58. The molecule has 3 aromatic rings. The number of carbonyl (C=O) groups excluding carboxylic acids is 1. The number of hydrogen-bond donors (Lipinski definition) is 1. The summed E-state index contributed by atoms with van der Waals surface area (Å²) in [6, 6.07) is 6.95. The van der Waals surface area contributed by atoms with E-state index in [0.717, 1.165) is 17.3 Å². The highest BCUT2D eigenvalue weighted by atomic mass is 35.5. The van der Waals surface area contributed by atoms with Crippen LogP contribution in [0.2, 0.25) is 5.15 Å². The maximum Gasteiger partial charge on any atom is 0.277 e. The SMILES string of the molecule is O=C(CSc1nnc(-c2cccnc2)o1)Nc1cccnc1Cl. The summed E-state index contributed by atoms with van der Waals surface area (Å²) in [6.07, 6.45) is 4.83. The van der Waals surface area contributed by atoms with Crippen molar-refractivity contribution in [2.24, 2.45) is 0 Å². The Kier molecular flexibility index (Phi) is 4.84. The molecule has 0 bridgehead atoms. The maximum atomic E-state index is 11.9. The van der Waals surface area contributed by atoms with Crippen LogP contribution in [0.4, 0.5) is 5.69 Å². The highest BCUT2D eigenvalue weighted by Crippen LogP contribution is 2.23. The Hall–Kier alpha value is -2.45. The van der Waals surface area contributed by atoms with Gasteiger partial charge in [-0.25, -0.2) is 4.98 Å². The molecule has 23 heavy (non-hydrogen) atoms. The maximum absolute atomic E-state index is 11.9. The number of hydrogen-bond acceptors (Lipinski definition) is 7. The van der Waals surface area contributed by atoms with Crippen LogP contribution >= 0.6 is 23.4 Å². The van der Waals surface area contributed by atoms with E-state index >= 15 is 0 Å². The highest BCUT2D eigenvalue weighted by molar-refractivity contribution is 7.99. The average Bonchev–Trinajstić information content (AvgIpc) is 3.05. The Bertz CT molecular complexity index is 812. The first-order chi connectivity index (χ1) is 11.2. The minimum Gasteiger partial charge on any atom is -0.411 e. The second-order valence-electron chi connectivity index (χ2n) is 4.29. The van der Waals surface area contributed by atoms with Crippen molar-refractivity contribution < 1.29 is 9.21 Å². The van der Waals surface area contributed by atoms with Crippen molar-refractivity contribution in [3.63, 3.8) is 0 Å². The lowest BCUT2D eigenvalue weighted by Gasteiger charge is -2.04. The topological polar surface area (TPSA) is 93.8 Å². The van der Waals surface area contributed by atoms with Crippen LogP contribution in [-0.2, 0) is 4.79 Å². The Morgan fingerprint density at radius 2 is 2.13 bits per heavy atom. The Morgan fingerprint density at radius 1 is 1.26 bits per heavy atom. The molecule has 0 atom stereocenters. The summed E-state index contributed by atoms with van der Waals surface area (Å²) in [5, 5.41) is 11.0. The van der Waals surface area contributed by atoms with Crippen LogP contribution < -0.4 is 5.32 Å². The standard InChI is InChI=1S/C14H10ClN5O2S/c15-12-10(4-2-6-17-12)18-11(21)8-23-14-20-19-13(22-14)9-3-1-5-16-7-9/h1-7H,8H2,(H,18,21). The largest absolute Gasteiger partial charge is 0.411 e. The molecule has 0 unspecified atom stereocenters. The first-order valence-corrected chi connectivity index (χ1v) is 7.86. The van der Waals surface area contributed by atoms with Crippen LogP contribution in [0.25, 0.3) is 11.5 Å². The molecule has 0 aromatic carbocycles. The van der Waals surface area contributed by atoms with Gasteiger partial charge in [-0.1, -0.05) is 23.4 Å². The van der Waals surface area contributed by atoms with Gasteiger partial charge in [0.05, 0.1) is 17.0 Å². The van der Waals surface area contributed by atoms with E-state index in [1.54, 1.807) is 36.8 Å². The molecule has 7 nitrogen and oxygen atoms in total. The predicted molar refractivity (Wildman–Crippen MR) is 86.1 cm³/mol. The van der Waals surface area contributed by atoms with Crippen LogP contribution in [0.5, 0.6) is 0 Å². The molecule has 0 aliphatic heterocycles. The molecule has 1 amide bonds. The lowest BCUT2D eigenvalue weighted by Crippen LogP contribution is -2.14. The predicted octanol–water partition coefficient (Wildman–Crippen LogP) is 2.91. The smallest absolute Gasteiger partial charge is 0.277 e. The molecule has 0 aliphatic rings. The Labute approximate surface area is 140 Å². The van der Waals surface area contributed by atoms with Gasteiger partial charge < -0.3 is 9.73 Å². The van der Waals surface area contributed by atoms with Crippen molar-refractivity contribution >= 4 is 35.0 Å². The summed E-state index contributed by atoms with van der Waals surface area (Å²) in [6.45, 7) is 0. The van der Waals surface area contributed by atoms with Crippen LogP contribution in [0, 0.1) is 0 Å². The van der Waals surface area contributed by atoms with E-state index in [9.17, 15) is 4.79 Å². The monoisotopic (exact) mass is 347 g/mol. The van der Waals surface area contributed by atoms with Gasteiger partial charge in [0.1, 0.15) is 0 Å². The zero-order valence-corrected chi connectivity index (χ0v) is 13.2. The van der Waals surface area contributed by atoms with Gasteiger partial charge in [0.15, 0.2) is 5.15 Å². The van der Waals surface area contributed by atoms with E-state index in [2.05, 4.69) is 25.5 Å². The summed E-state index contributed by atoms with van der Waals surface area (Å²) in [5.41, 5.74) is 1.18. The number of rotatable bonds is 5. The number of thioether (sulfide) groups is 1. The number of carbonyl (C=O) groups is 1. The Morgan fingerprint density at radius 3 is 2.91 bits per heavy atom. The molecule has 0 aliphatic carbocycles. The number of halogens is 1. The molecule has 0 saturated carbocycles. The molecule has 3 aromatic heterocycles. The van der Waals surface area contributed by atoms with E-state index < -0.39 is 0 Å². The highest BCUT2D eigenvalue weighted by Gasteiger charge is 2.12. The summed E-state index contributed by atoms with van der Waals surface area (Å²) in [7, 11) is 0. The van der Waals surface area contributed by atoms with Gasteiger partial charge in [-0.3, -0.25) is 9.78 Å². The van der Waals surface area contributed by atoms with Crippen molar-refractivity contribution in [2.45, 2.75) is 5.22 Å². The number of anilines is 1. The molecule has 1 N–H and O–H groups in total. The van der Waals surface area contributed by atoms with Gasteiger partial charge in [0.25, 0.3) is 5.22 Å². The average molecular weight is 348 g/mol. The van der Waals surface area contributed by atoms with E-state index in [0.29, 0.717) is 16.8 Å². The lowest BCUT2D eigenvalue weighted by molar-refractivity contribution is -0.113. The third kappa shape index (κ3) is 4.05. The molecular formula is C14H10ClN5O2S. The third-order valence-corrected chi connectivity index (χ3v) is 3.79. The number of pyridine rings is 2. The molecule has 0 spiro atoms. The van der Waals surface area contributed by atoms with Crippen molar-refractivity contribution in [1.82, 2.24) is 20.2 Å². The van der Waals surface area contributed by atoms with Gasteiger partial charge in [-0.15, -0.1) is 10.2 Å². The molecule has 116 valence electrons. The van der Waals surface area contributed by atoms with E-state index in [-0.39, 0.29) is 16.8 Å². The fourth-order valence-electron chi connectivity index (χ4n) is 1.67. The molecule has 3 heterocycles. The second kappa shape index (κ2) is 7.21. The van der Waals surface area contributed by atoms with Gasteiger partial charge in [-0.05, 0) is 24.3 Å². The van der Waals surface area contributed by atoms with Crippen LogP contribution in [0.15, 0.2) is 52.5 Å². The number of amides is 1. The van der Waals surface area contributed by atoms with E-state index in [1.807, 2.05) is 6.07 Å². The summed E-state index contributed by atoms with van der Waals surface area (Å²) in [4.78, 5) is 19.8. The fraction of sp³-hybridized carbons (Fsp3) is 0.0714. The van der Waals surface area contributed by atoms with Crippen molar-refractivity contribution in [2.75, 3.05) is 11.1 Å². The minimum absolute atomic E-state index is 0.111. The summed E-state index contributed by atoms with van der Waals surface area (Å²) in [5.74, 6) is 0.224. The van der Waals surface area contributed by atoms with Gasteiger partial charge >= 0.3 is 0 Å². The molecule has 0 fully saturated rings. The van der Waals surface area contributed by atoms with Gasteiger partial charge in [0, 0.05) is 18.6 Å². The first-order valence-electron chi connectivity index (χ1n) is 6.49. The third-order valence-electron chi connectivity index (χ3n) is 2.67. The van der Waals surface area contributed by atoms with Crippen LogP contribution in [0.3, 0.4) is 0 Å². The fourth-order valence-corrected chi connectivity index (χ4v) is 2.40. The normalized spacial score (nSPS) is 10.5. The van der Waals surface area contributed by atoms with Crippen LogP contribution in [-0.4, -0.2) is 31.8 Å². The molecule has 9 heteroatoms. The number of nitrogens with one attached hydrogen (secondary N) is 1. The van der Waals surface area contributed by atoms with Crippen LogP contribution in [0.1, 0.15) is 0 Å². The van der Waals surface area contributed by atoms with E-state index in [4.69, 9.17) is 16.0 Å². The summed E-state index contributed by atoms with van der Waals surface area (Å²) >= 11 is 7.01. The van der Waals surface area contributed by atoms with Gasteiger partial charge in [0.2, 0.25) is 11.8 Å². The van der Waals surface area contributed by atoms with Crippen molar-refractivity contribution in [1.29, 1.82) is 0 Å². The minimum atomic E-state index is -0.244. The van der Waals surface area contributed by atoms with Crippen molar-refractivity contribution in [3.8, 4) is 11.5 Å². The first kappa shape index (κ1) is 15.4. The van der Waals surface area contributed by atoms with Gasteiger partial charge in [-0.2, -0.15) is 0 Å². The molecule has 3 rings (SSSR count). The zero-order valence-electron chi connectivity index (χ0n) is 11.6. The zero-order chi connectivity index (χ0) is 16.1. The number of nitrogens with zero attached hydrogens (tertiary/aromatic N) is 4. The van der Waals surface area contributed by atoms with Crippen molar-refractivity contribution in [3.05, 3.63) is 48.0 Å². The summed E-state index contributed by atoms with van der Waals surface area (Å²) < 4.78 is 5.48. The quantitative estimate of drug-likeness (QED) is 0.560. The lowest BCUT2D eigenvalue weighted by atomic mass is 10.3. The molecular weight excluding hydrogens is 338 g/mol. The number of aromatic nitrogens is 4. The van der Waals surface area contributed by atoms with E-state index in [1.165, 1.54) is 0 Å². The molecule has 0 saturated heterocycles. The Balaban J connectivity index is 1.58.